The number of benzene rings is 3. The minimum absolute atomic E-state index is 0. The normalized spacial score (nSPS) is 10.8. The molecule has 3 heteroatoms. The van der Waals surface area contributed by atoms with Crippen molar-refractivity contribution in [2.75, 3.05) is 0 Å². The summed E-state index contributed by atoms with van der Waals surface area (Å²) in [6, 6.07) is 26.9. The molecule has 0 unspecified atom stereocenters. The summed E-state index contributed by atoms with van der Waals surface area (Å²) in [7, 11) is 0. The van der Waals surface area contributed by atoms with E-state index in [9.17, 15) is 0 Å². The van der Waals surface area contributed by atoms with Crippen LogP contribution < -0.4 is 4.74 Å². The van der Waals surface area contributed by atoms with Crippen LogP contribution in [-0.2, 0) is 6.61 Å². The van der Waals surface area contributed by atoms with Crippen LogP contribution in [0, 0.1) is 6.92 Å². The predicted octanol–water partition coefficient (Wildman–Crippen LogP) is 6.71. The molecule has 140 valence electrons. The van der Waals surface area contributed by atoms with E-state index in [0.29, 0.717) is 6.61 Å². The molecular weight excluding hydrogens is 366 g/mol. The number of ether oxygens (including phenoxy) is 1. The summed E-state index contributed by atoms with van der Waals surface area (Å²) in [5.74, 6) is 0.867. The molecule has 0 atom stereocenters. The number of pyridine rings is 1. The van der Waals surface area contributed by atoms with Crippen molar-refractivity contribution >= 4 is 35.3 Å². The molecule has 1 heterocycles. The summed E-state index contributed by atoms with van der Waals surface area (Å²) in [5.41, 5.74) is 4.26. The Morgan fingerprint density at radius 2 is 1.61 bits per heavy atom. The number of hydrogen-bond acceptors (Lipinski definition) is 2. The van der Waals surface area contributed by atoms with Gasteiger partial charge in [-0.3, -0.25) is 4.98 Å². The molecule has 0 saturated carbocycles. The fraction of sp³-hybridized carbons (Fsp3) is 0.0800. The Bertz CT molecular complexity index is 1080. The van der Waals surface area contributed by atoms with E-state index in [2.05, 4.69) is 65.7 Å². The lowest BCUT2D eigenvalue weighted by atomic mass is 10.0. The van der Waals surface area contributed by atoms with Gasteiger partial charge in [-0.05, 0) is 34.9 Å². The molecule has 0 amide bonds. The molecule has 0 fully saturated rings. The van der Waals surface area contributed by atoms with Gasteiger partial charge in [0.15, 0.2) is 0 Å². The first-order valence-electron chi connectivity index (χ1n) is 9.09. The quantitative estimate of drug-likeness (QED) is 0.379. The third-order valence-corrected chi connectivity index (χ3v) is 4.57. The molecule has 4 aromatic rings. The van der Waals surface area contributed by atoms with Crippen molar-refractivity contribution < 1.29 is 4.74 Å². The molecule has 0 radical (unpaired) electrons. The third-order valence-electron chi connectivity index (χ3n) is 4.57. The van der Waals surface area contributed by atoms with Crippen molar-refractivity contribution in [3.05, 3.63) is 107 Å². The van der Waals surface area contributed by atoms with Gasteiger partial charge in [-0.1, -0.05) is 78.9 Å². The molecule has 0 aliphatic heterocycles. The van der Waals surface area contributed by atoms with E-state index < -0.39 is 0 Å². The summed E-state index contributed by atoms with van der Waals surface area (Å²) < 4.78 is 6.01. The lowest BCUT2D eigenvalue weighted by Crippen LogP contribution is -1.98. The van der Waals surface area contributed by atoms with Crippen LogP contribution in [0.5, 0.6) is 5.75 Å². The van der Waals surface area contributed by atoms with Crippen molar-refractivity contribution in [2.24, 2.45) is 0 Å². The largest absolute Gasteiger partial charge is 0.488 e. The first-order valence-corrected chi connectivity index (χ1v) is 9.09. The van der Waals surface area contributed by atoms with E-state index >= 15 is 0 Å². The predicted molar refractivity (Wildman–Crippen MR) is 120 cm³/mol. The summed E-state index contributed by atoms with van der Waals surface area (Å²) in [6.07, 6.45) is 6.01. The Morgan fingerprint density at radius 3 is 2.46 bits per heavy atom. The highest BCUT2D eigenvalue weighted by atomic mass is 35.5. The van der Waals surface area contributed by atoms with E-state index in [1.807, 2.05) is 43.5 Å². The van der Waals surface area contributed by atoms with Crippen LogP contribution in [0.4, 0.5) is 0 Å². The summed E-state index contributed by atoms with van der Waals surface area (Å²) in [6.45, 7) is 2.57. The second kappa shape index (κ2) is 9.20. The van der Waals surface area contributed by atoms with Gasteiger partial charge in [0.2, 0.25) is 0 Å². The second-order valence-electron chi connectivity index (χ2n) is 6.55. The van der Waals surface area contributed by atoms with Gasteiger partial charge in [0.25, 0.3) is 0 Å². The highest BCUT2D eigenvalue weighted by molar-refractivity contribution is 5.92. The van der Waals surface area contributed by atoms with Crippen molar-refractivity contribution in [1.29, 1.82) is 0 Å². The van der Waals surface area contributed by atoms with Gasteiger partial charge in [-0.2, -0.15) is 0 Å². The highest BCUT2D eigenvalue weighted by Crippen LogP contribution is 2.23. The fourth-order valence-corrected chi connectivity index (χ4v) is 3.07. The minimum Gasteiger partial charge on any atom is -0.488 e. The van der Waals surface area contributed by atoms with E-state index in [0.717, 1.165) is 22.6 Å². The van der Waals surface area contributed by atoms with Crippen molar-refractivity contribution in [3.8, 4) is 5.75 Å². The Hall–Kier alpha value is -3.10. The highest BCUT2D eigenvalue weighted by Gasteiger charge is 2.03. The molecular formula is C25H22ClNO. The van der Waals surface area contributed by atoms with E-state index in [1.54, 1.807) is 0 Å². The van der Waals surface area contributed by atoms with Gasteiger partial charge in [-0.15, -0.1) is 12.4 Å². The summed E-state index contributed by atoms with van der Waals surface area (Å²) >= 11 is 0. The van der Waals surface area contributed by atoms with Crippen LogP contribution in [0.1, 0.15) is 22.4 Å². The van der Waals surface area contributed by atoms with Crippen LogP contribution in [0.3, 0.4) is 0 Å². The maximum Gasteiger partial charge on any atom is 0.126 e. The molecule has 0 spiro atoms. The van der Waals surface area contributed by atoms with Gasteiger partial charge < -0.3 is 4.74 Å². The number of aromatic nitrogens is 1. The van der Waals surface area contributed by atoms with Crippen LogP contribution in [0.25, 0.3) is 22.9 Å². The van der Waals surface area contributed by atoms with Crippen molar-refractivity contribution in [2.45, 2.75) is 13.5 Å². The number of aryl methyl sites for hydroxylation is 1. The number of fused-ring (bicyclic) bond motifs is 1. The zero-order valence-electron chi connectivity index (χ0n) is 15.7. The van der Waals surface area contributed by atoms with Crippen LogP contribution >= 0.6 is 12.4 Å². The molecule has 2 nitrogen and oxygen atoms in total. The van der Waals surface area contributed by atoms with Crippen LogP contribution in [-0.4, -0.2) is 4.98 Å². The maximum absolute atomic E-state index is 6.01. The van der Waals surface area contributed by atoms with Crippen molar-refractivity contribution in [1.82, 2.24) is 4.98 Å². The van der Waals surface area contributed by atoms with E-state index in [4.69, 9.17) is 4.74 Å². The second-order valence-corrected chi connectivity index (χ2v) is 6.55. The first kappa shape index (κ1) is 19.7. The maximum atomic E-state index is 6.01. The lowest BCUT2D eigenvalue weighted by molar-refractivity contribution is 0.303. The van der Waals surface area contributed by atoms with E-state index in [1.165, 1.54) is 16.3 Å². The molecule has 28 heavy (non-hydrogen) atoms. The summed E-state index contributed by atoms with van der Waals surface area (Å²) in [4.78, 5) is 4.52. The minimum atomic E-state index is 0. The van der Waals surface area contributed by atoms with Crippen LogP contribution in [0.15, 0.2) is 85.1 Å². The monoisotopic (exact) mass is 387 g/mol. The number of halogens is 1. The standard InChI is InChI=1S/C25H21NO.ClH/c1-19-17-26-23(16-25(19)27-18-20-8-3-2-4-9-20)15-14-22-12-7-11-21-10-5-6-13-24(21)22;/h2-17H,18H2,1H3;1H. The Morgan fingerprint density at radius 1 is 0.857 bits per heavy atom. The Labute approximate surface area is 171 Å². The van der Waals surface area contributed by atoms with Gasteiger partial charge >= 0.3 is 0 Å². The van der Waals surface area contributed by atoms with Gasteiger partial charge in [-0.25, -0.2) is 0 Å². The Kier molecular flexibility index (Phi) is 6.46. The van der Waals surface area contributed by atoms with Gasteiger partial charge in [0, 0.05) is 17.8 Å². The Balaban J connectivity index is 0.00000225. The average molecular weight is 388 g/mol. The van der Waals surface area contributed by atoms with Gasteiger partial charge in [0.05, 0.1) is 5.69 Å². The first-order chi connectivity index (χ1) is 13.3. The topological polar surface area (TPSA) is 22.1 Å². The third kappa shape index (κ3) is 4.59. The zero-order valence-corrected chi connectivity index (χ0v) is 16.5. The lowest BCUT2D eigenvalue weighted by Gasteiger charge is -2.09. The number of rotatable bonds is 5. The molecule has 3 aromatic carbocycles. The SMILES string of the molecule is Cc1cnc(C=Cc2cccc3ccccc23)cc1OCc1ccccc1.Cl. The molecule has 4 rings (SSSR count). The number of nitrogens with zero attached hydrogens (tertiary/aromatic N) is 1. The fourth-order valence-electron chi connectivity index (χ4n) is 3.07. The smallest absolute Gasteiger partial charge is 0.126 e. The average Bonchev–Trinajstić information content (AvgIpc) is 2.73. The van der Waals surface area contributed by atoms with E-state index in [-0.39, 0.29) is 12.4 Å². The molecule has 0 N–H and O–H groups in total. The molecule has 1 aromatic heterocycles. The molecule has 0 aliphatic carbocycles. The van der Waals surface area contributed by atoms with Crippen LogP contribution in [0.2, 0.25) is 0 Å². The zero-order chi connectivity index (χ0) is 18.5. The molecule has 0 bridgehead atoms. The van der Waals surface area contributed by atoms with Gasteiger partial charge in [0.1, 0.15) is 12.4 Å². The molecule has 0 aliphatic rings. The number of hydrogen-bond donors (Lipinski definition) is 0. The molecule has 0 saturated heterocycles. The summed E-state index contributed by atoms with van der Waals surface area (Å²) in [5, 5.41) is 2.48. The van der Waals surface area contributed by atoms with Crippen molar-refractivity contribution in [3.63, 3.8) is 0 Å².